The van der Waals surface area contributed by atoms with Gasteiger partial charge in [-0.3, -0.25) is 4.79 Å². The second kappa shape index (κ2) is 5.16. The first-order valence-electron chi connectivity index (χ1n) is 4.45. The average Bonchev–Trinajstić information content (AvgIpc) is 2.21. The third-order valence-corrected chi connectivity index (χ3v) is 1.69. The largest absolute Gasteiger partial charge is 0.359 e. The molecule has 0 saturated heterocycles. The normalized spacial score (nSPS) is 9.57. The molecule has 1 rings (SSSR count). The number of anilines is 1. The summed E-state index contributed by atoms with van der Waals surface area (Å²) in [5, 5.41) is 5.49. The van der Waals surface area contributed by atoms with Crippen molar-refractivity contribution in [2.75, 3.05) is 18.9 Å². The molecule has 0 aliphatic heterocycles. The highest BCUT2D eigenvalue weighted by molar-refractivity contribution is 5.75. The summed E-state index contributed by atoms with van der Waals surface area (Å²) in [6, 6.07) is 0. The number of rotatable bonds is 4. The van der Waals surface area contributed by atoms with Crippen LogP contribution in [0.25, 0.3) is 0 Å². The number of carbonyl (C=O) groups excluding carboxylic acids is 1. The van der Waals surface area contributed by atoms with Crippen molar-refractivity contribution < 1.29 is 4.79 Å². The first-order chi connectivity index (χ1) is 6.72. The molecule has 0 aromatic carbocycles. The number of amides is 1. The minimum Gasteiger partial charge on any atom is -0.359 e. The van der Waals surface area contributed by atoms with Gasteiger partial charge in [-0.25, -0.2) is 9.97 Å². The van der Waals surface area contributed by atoms with Crippen LogP contribution in [0.1, 0.15) is 12.0 Å². The summed E-state index contributed by atoms with van der Waals surface area (Å²) in [6.45, 7) is 2.47. The highest BCUT2D eigenvalue weighted by Crippen LogP contribution is 1.97. The number of nitrogens with one attached hydrogen (secondary N) is 2. The first-order valence-corrected chi connectivity index (χ1v) is 4.45. The number of aromatic nitrogens is 2. The molecule has 0 aliphatic carbocycles. The van der Waals surface area contributed by atoms with Crippen molar-refractivity contribution in [2.45, 2.75) is 13.3 Å². The highest BCUT2D eigenvalue weighted by Gasteiger charge is 1.98. The summed E-state index contributed by atoms with van der Waals surface area (Å²) >= 11 is 0. The van der Waals surface area contributed by atoms with Crippen molar-refractivity contribution in [3.63, 3.8) is 0 Å². The molecule has 76 valence electrons. The molecule has 1 heterocycles. The van der Waals surface area contributed by atoms with Gasteiger partial charge in [-0.1, -0.05) is 0 Å². The lowest BCUT2D eigenvalue weighted by Crippen LogP contribution is -2.21. The Hall–Kier alpha value is -1.65. The van der Waals surface area contributed by atoms with Crippen LogP contribution >= 0.6 is 0 Å². The van der Waals surface area contributed by atoms with Crippen LogP contribution < -0.4 is 10.6 Å². The summed E-state index contributed by atoms with van der Waals surface area (Å²) < 4.78 is 0. The fraction of sp³-hybridized carbons (Fsp3) is 0.444. The highest BCUT2D eigenvalue weighted by atomic mass is 16.1. The standard InChI is InChI=1S/C9H14N4O/c1-7-5-12-9(13-6-7)11-4-3-8(14)10-2/h5-6H,3-4H2,1-2H3,(H,10,14)(H,11,12,13). The first kappa shape index (κ1) is 10.4. The fourth-order valence-corrected chi connectivity index (χ4v) is 0.897. The Balaban J connectivity index is 2.31. The van der Waals surface area contributed by atoms with Crippen molar-refractivity contribution in [1.29, 1.82) is 0 Å². The van der Waals surface area contributed by atoms with E-state index in [1.807, 2.05) is 6.92 Å². The zero-order chi connectivity index (χ0) is 10.4. The molecule has 1 aromatic rings. The smallest absolute Gasteiger partial charge is 0.222 e. The Labute approximate surface area is 83.0 Å². The van der Waals surface area contributed by atoms with Gasteiger partial charge in [0.1, 0.15) is 0 Å². The van der Waals surface area contributed by atoms with Crippen molar-refractivity contribution in [2.24, 2.45) is 0 Å². The van der Waals surface area contributed by atoms with E-state index < -0.39 is 0 Å². The fourth-order valence-electron chi connectivity index (χ4n) is 0.897. The number of hydrogen-bond acceptors (Lipinski definition) is 4. The quantitative estimate of drug-likeness (QED) is 0.725. The maximum absolute atomic E-state index is 10.9. The third kappa shape index (κ3) is 3.38. The van der Waals surface area contributed by atoms with Gasteiger partial charge in [-0.05, 0) is 12.5 Å². The molecule has 14 heavy (non-hydrogen) atoms. The molecule has 2 N–H and O–H groups in total. The molecule has 0 saturated carbocycles. The molecule has 1 aromatic heterocycles. The van der Waals surface area contributed by atoms with Gasteiger partial charge in [0.15, 0.2) is 0 Å². The number of aryl methyl sites for hydroxylation is 1. The predicted octanol–water partition coefficient (Wildman–Crippen LogP) is 0.333. The van der Waals surface area contributed by atoms with Gasteiger partial charge < -0.3 is 10.6 Å². The van der Waals surface area contributed by atoms with E-state index in [4.69, 9.17) is 0 Å². The van der Waals surface area contributed by atoms with Crippen LogP contribution in [0, 0.1) is 6.92 Å². The Morgan fingerprint density at radius 2 is 2.07 bits per heavy atom. The van der Waals surface area contributed by atoms with Gasteiger partial charge >= 0.3 is 0 Å². The second-order valence-corrected chi connectivity index (χ2v) is 2.93. The Morgan fingerprint density at radius 3 is 2.64 bits per heavy atom. The zero-order valence-corrected chi connectivity index (χ0v) is 8.37. The van der Waals surface area contributed by atoms with E-state index in [9.17, 15) is 4.79 Å². The lowest BCUT2D eigenvalue weighted by molar-refractivity contribution is -0.120. The van der Waals surface area contributed by atoms with Crippen molar-refractivity contribution in [3.8, 4) is 0 Å². The molecule has 0 spiro atoms. The number of carbonyl (C=O) groups is 1. The van der Waals surface area contributed by atoms with Crippen LogP contribution in [0.15, 0.2) is 12.4 Å². The van der Waals surface area contributed by atoms with Gasteiger partial charge in [0.05, 0.1) is 0 Å². The minimum atomic E-state index is 0.00427. The van der Waals surface area contributed by atoms with Gasteiger partial charge in [0.2, 0.25) is 11.9 Å². The van der Waals surface area contributed by atoms with Gasteiger partial charge in [-0.2, -0.15) is 0 Å². The molecule has 5 heteroatoms. The summed E-state index contributed by atoms with van der Waals surface area (Å²) in [5.41, 5.74) is 1.02. The van der Waals surface area contributed by atoms with Crippen molar-refractivity contribution >= 4 is 11.9 Å². The lowest BCUT2D eigenvalue weighted by Gasteiger charge is -2.03. The molecule has 0 fully saturated rings. The van der Waals surface area contributed by atoms with E-state index >= 15 is 0 Å². The van der Waals surface area contributed by atoms with E-state index in [-0.39, 0.29) is 5.91 Å². The van der Waals surface area contributed by atoms with Crippen LogP contribution in [0.2, 0.25) is 0 Å². The minimum absolute atomic E-state index is 0.00427. The molecular formula is C9H14N4O. The maximum Gasteiger partial charge on any atom is 0.222 e. The molecule has 0 aliphatic rings. The zero-order valence-electron chi connectivity index (χ0n) is 8.37. The number of nitrogens with zero attached hydrogens (tertiary/aromatic N) is 2. The van der Waals surface area contributed by atoms with E-state index in [0.717, 1.165) is 5.56 Å². The summed E-state index contributed by atoms with van der Waals surface area (Å²) in [7, 11) is 1.62. The van der Waals surface area contributed by atoms with Crippen LogP contribution in [-0.2, 0) is 4.79 Å². The molecule has 0 bridgehead atoms. The molecule has 1 amide bonds. The van der Waals surface area contributed by atoms with Crippen LogP contribution in [0.5, 0.6) is 0 Å². The topological polar surface area (TPSA) is 66.9 Å². The molecule has 0 radical (unpaired) electrons. The molecular weight excluding hydrogens is 180 g/mol. The van der Waals surface area contributed by atoms with Crippen molar-refractivity contribution in [1.82, 2.24) is 15.3 Å². The average molecular weight is 194 g/mol. The third-order valence-electron chi connectivity index (χ3n) is 1.69. The van der Waals surface area contributed by atoms with Crippen LogP contribution in [-0.4, -0.2) is 29.5 Å². The van der Waals surface area contributed by atoms with E-state index in [2.05, 4.69) is 20.6 Å². The van der Waals surface area contributed by atoms with Crippen LogP contribution in [0.3, 0.4) is 0 Å². The monoisotopic (exact) mass is 194 g/mol. The van der Waals surface area contributed by atoms with E-state index in [1.54, 1.807) is 19.4 Å². The van der Waals surface area contributed by atoms with Gasteiger partial charge in [0, 0.05) is 32.4 Å². The molecule has 0 unspecified atom stereocenters. The molecule has 0 atom stereocenters. The van der Waals surface area contributed by atoms with E-state index in [1.165, 1.54) is 0 Å². The predicted molar refractivity (Wildman–Crippen MR) is 53.9 cm³/mol. The van der Waals surface area contributed by atoms with Crippen molar-refractivity contribution in [3.05, 3.63) is 18.0 Å². The Morgan fingerprint density at radius 1 is 1.43 bits per heavy atom. The SMILES string of the molecule is CNC(=O)CCNc1ncc(C)cn1. The Kier molecular flexibility index (Phi) is 3.84. The van der Waals surface area contributed by atoms with Gasteiger partial charge in [-0.15, -0.1) is 0 Å². The van der Waals surface area contributed by atoms with Crippen LogP contribution in [0.4, 0.5) is 5.95 Å². The summed E-state index contributed by atoms with van der Waals surface area (Å²) in [4.78, 5) is 19.0. The lowest BCUT2D eigenvalue weighted by atomic mass is 10.4. The molecule has 5 nitrogen and oxygen atoms in total. The number of hydrogen-bond donors (Lipinski definition) is 2. The van der Waals surface area contributed by atoms with E-state index in [0.29, 0.717) is 18.9 Å². The Bertz CT molecular complexity index is 296. The summed E-state index contributed by atoms with van der Waals surface area (Å²) in [6.07, 6.45) is 3.89. The maximum atomic E-state index is 10.9. The summed E-state index contributed by atoms with van der Waals surface area (Å²) in [5.74, 6) is 0.559. The van der Waals surface area contributed by atoms with Gasteiger partial charge in [0.25, 0.3) is 0 Å². The second-order valence-electron chi connectivity index (χ2n) is 2.93.